The molecule has 0 bridgehead atoms. The second-order valence-corrected chi connectivity index (χ2v) is 10.7. The van der Waals surface area contributed by atoms with Crippen LogP contribution in [0.15, 0.2) is 189 Å². The Morgan fingerprint density at radius 2 is 0.857 bits per heavy atom. The Morgan fingerprint density at radius 3 is 1.54 bits per heavy atom. The van der Waals surface area contributed by atoms with Crippen molar-refractivity contribution in [2.45, 2.75) is 7.43 Å². The van der Waals surface area contributed by atoms with Gasteiger partial charge < -0.3 is 0 Å². The fourth-order valence-corrected chi connectivity index (χ4v) is 4.62. The molecule has 0 spiro atoms. The van der Waals surface area contributed by atoms with Gasteiger partial charge >= 0.3 is 0 Å². The van der Waals surface area contributed by atoms with Crippen LogP contribution in [0.3, 0.4) is 0 Å². The molecule has 0 saturated heterocycles. The molecule has 0 aliphatic heterocycles. The van der Waals surface area contributed by atoms with Gasteiger partial charge in [0.1, 0.15) is 11.3 Å². The van der Waals surface area contributed by atoms with Gasteiger partial charge in [0.05, 0.1) is 6.20 Å². The monoisotopic (exact) mass is 749 g/mol. The van der Waals surface area contributed by atoms with Gasteiger partial charge in [-0.2, -0.15) is 9.61 Å². The number of fused-ring (bicyclic) bond motifs is 5. The molecule has 0 fully saturated rings. The first-order valence-electron chi connectivity index (χ1n) is 16.1. The first-order valence-corrected chi connectivity index (χ1v) is 16.1. The van der Waals surface area contributed by atoms with E-state index in [-0.39, 0.29) is 35.2 Å². The second kappa shape index (κ2) is 18.9. The summed E-state index contributed by atoms with van der Waals surface area (Å²) in [5.74, 6) is 0.431. The first kappa shape index (κ1) is 38.8. The van der Waals surface area contributed by atoms with Crippen LogP contribution in [0.2, 0.25) is 0 Å². The molecule has 0 aromatic carbocycles. The molecule has 0 unspecified atom stereocenters. The van der Waals surface area contributed by atoms with E-state index in [1.807, 2.05) is 6.07 Å². The van der Waals surface area contributed by atoms with Crippen molar-refractivity contribution in [3.05, 3.63) is 217 Å². The highest BCUT2D eigenvalue weighted by atomic mass is 16.1. The lowest BCUT2D eigenvalue weighted by Crippen LogP contribution is -2.14. The van der Waals surface area contributed by atoms with Gasteiger partial charge in [-0.25, -0.2) is 29.9 Å². The summed E-state index contributed by atoms with van der Waals surface area (Å²) in [6, 6.07) is 23.0. The third kappa shape index (κ3) is 9.72. The fourth-order valence-electron chi connectivity index (χ4n) is 4.62. The lowest BCUT2D eigenvalue weighted by molar-refractivity contribution is 0.866. The smallest absolute Gasteiger partial charge is 0.269 e. The first-order chi connectivity index (χ1) is 26.9. The minimum atomic E-state index is -0.157. The molecule has 56 heavy (non-hydrogen) atoms. The van der Waals surface area contributed by atoms with E-state index in [1.54, 1.807) is 104 Å². The summed E-state index contributed by atoms with van der Waals surface area (Å²) in [6.07, 6.45) is 20.4. The van der Waals surface area contributed by atoms with Crippen LogP contribution in [-0.2, 0) is 0 Å². The Balaban J connectivity index is 0.000000133. The van der Waals surface area contributed by atoms with E-state index >= 15 is 0 Å². The van der Waals surface area contributed by atoms with Crippen molar-refractivity contribution in [2.24, 2.45) is 0 Å². The summed E-state index contributed by atoms with van der Waals surface area (Å²) in [4.78, 5) is 82.9. The van der Waals surface area contributed by atoms with Gasteiger partial charge in [0.15, 0.2) is 11.3 Å². The predicted molar refractivity (Wildman–Crippen MR) is 207 cm³/mol. The molecule has 10 aromatic heterocycles. The van der Waals surface area contributed by atoms with Gasteiger partial charge in [-0.15, -0.1) is 0 Å². The van der Waals surface area contributed by atoms with Gasteiger partial charge in [0, 0.05) is 105 Å². The van der Waals surface area contributed by atoms with Gasteiger partial charge in [0.2, 0.25) is 5.78 Å². The molecule has 0 amide bonds. The van der Waals surface area contributed by atoms with Crippen LogP contribution in [0.1, 0.15) is 7.43 Å². The standard InChI is InChI=1S/2C8H6N2O.3C7H5N3O.CH4/c11-8-4-1-3-7-9-5-2-6-10(7)8;11-8-4-5-9-7-3-1-2-6-10(7)8;11-6-2-4-9-7-8-3-1-5-10(6)7;11-7-1-2-9-6-5-8-3-4-10(6)7;11-7-3-5-8-6-2-1-4-9-10(6)7;/h2*1-6H;3*1-5H;1H4. The van der Waals surface area contributed by atoms with Crippen LogP contribution < -0.4 is 27.8 Å². The van der Waals surface area contributed by atoms with Crippen LogP contribution in [0.25, 0.3) is 28.4 Å². The molecule has 10 rings (SSSR count). The Labute approximate surface area is 314 Å². The lowest BCUT2D eigenvalue weighted by Gasteiger charge is -1.94. The molecular weight excluding hydrogens is 719 g/mol. The molecule has 0 N–H and O–H groups in total. The topological polar surface area (TPSA) is 211 Å². The molecule has 0 radical (unpaired) electrons. The summed E-state index contributed by atoms with van der Waals surface area (Å²) in [7, 11) is 0. The van der Waals surface area contributed by atoms with E-state index in [4.69, 9.17) is 0 Å². The maximum absolute atomic E-state index is 11.1. The molecule has 10 aromatic rings. The fraction of sp³-hybridized carbons (Fsp3) is 0.0263. The van der Waals surface area contributed by atoms with Crippen LogP contribution in [0, 0.1) is 0 Å². The Morgan fingerprint density at radius 1 is 0.357 bits per heavy atom. The summed E-state index contributed by atoms with van der Waals surface area (Å²) in [6.45, 7) is 0. The average molecular weight is 750 g/mol. The number of nitrogens with zero attached hydrogens (tertiary/aromatic N) is 13. The van der Waals surface area contributed by atoms with E-state index in [2.05, 4.69) is 40.0 Å². The molecule has 0 saturated carbocycles. The van der Waals surface area contributed by atoms with Gasteiger partial charge in [0.25, 0.3) is 27.8 Å². The normalized spacial score (nSPS) is 10.0. The summed E-state index contributed by atoms with van der Waals surface area (Å²) in [5, 5.41) is 3.82. The van der Waals surface area contributed by atoms with Crippen molar-refractivity contribution in [1.29, 1.82) is 0 Å². The van der Waals surface area contributed by atoms with Crippen LogP contribution in [-0.4, -0.2) is 62.1 Å². The maximum Gasteiger partial charge on any atom is 0.274 e. The van der Waals surface area contributed by atoms with Crippen LogP contribution in [0.5, 0.6) is 0 Å². The third-order valence-corrected chi connectivity index (χ3v) is 7.13. The largest absolute Gasteiger partial charge is 0.274 e. The zero-order valence-electron chi connectivity index (χ0n) is 28.4. The Hall–Kier alpha value is -8.41. The van der Waals surface area contributed by atoms with Crippen LogP contribution in [0.4, 0.5) is 0 Å². The SMILES string of the molecule is C.O=c1cccc2ncccn12.O=c1ccnc2ccccn12.O=c1ccnc2cccnn12.O=c1ccnc2cnccn12.O=c1ccnc2ncccn12. The quantitative estimate of drug-likeness (QED) is 0.218. The highest BCUT2D eigenvalue weighted by Crippen LogP contribution is 1.94. The maximum atomic E-state index is 11.1. The zero-order valence-corrected chi connectivity index (χ0v) is 28.4. The average Bonchev–Trinajstić information content (AvgIpc) is 3.23. The zero-order chi connectivity index (χ0) is 38.4. The van der Waals surface area contributed by atoms with E-state index in [0.29, 0.717) is 28.4 Å². The molecule has 18 nitrogen and oxygen atoms in total. The van der Waals surface area contributed by atoms with Crippen molar-refractivity contribution in [2.75, 3.05) is 0 Å². The van der Waals surface area contributed by atoms with Crippen molar-refractivity contribution in [3.8, 4) is 0 Å². The summed E-state index contributed by atoms with van der Waals surface area (Å²) in [5.41, 5.74) is 2.06. The van der Waals surface area contributed by atoms with E-state index in [9.17, 15) is 24.0 Å². The summed E-state index contributed by atoms with van der Waals surface area (Å²) < 4.78 is 7.08. The molecule has 0 atom stereocenters. The van der Waals surface area contributed by atoms with E-state index < -0.39 is 0 Å². The minimum absolute atomic E-state index is 0. The number of pyridine rings is 2. The van der Waals surface area contributed by atoms with Crippen LogP contribution >= 0.6 is 0 Å². The van der Waals surface area contributed by atoms with Gasteiger partial charge in [-0.05, 0) is 42.5 Å². The molecule has 278 valence electrons. The Bertz CT molecular complexity index is 2640. The minimum Gasteiger partial charge on any atom is -0.269 e. The third-order valence-electron chi connectivity index (χ3n) is 7.13. The summed E-state index contributed by atoms with van der Waals surface area (Å²) >= 11 is 0. The van der Waals surface area contributed by atoms with Gasteiger partial charge in [-0.1, -0.05) is 19.6 Å². The van der Waals surface area contributed by atoms with Crippen molar-refractivity contribution < 1.29 is 0 Å². The molecular formula is C38H31N13O5. The number of aromatic nitrogens is 13. The highest BCUT2D eigenvalue weighted by molar-refractivity contribution is 5.37. The predicted octanol–water partition coefficient (Wildman–Crippen LogP) is 2.29. The number of hydrogen-bond acceptors (Lipinski definition) is 13. The number of rotatable bonds is 0. The van der Waals surface area contributed by atoms with Crippen molar-refractivity contribution in [3.63, 3.8) is 0 Å². The highest BCUT2D eigenvalue weighted by Gasteiger charge is 1.95. The molecule has 10 heterocycles. The molecule has 0 aliphatic rings. The Kier molecular flexibility index (Phi) is 13.1. The molecule has 0 aliphatic carbocycles. The lowest BCUT2D eigenvalue weighted by atomic mass is 10.4. The second-order valence-electron chi connectivity index (χ2n) is 10.7. The van der Waals surface area contributed by atoms with E-state index in [0.717, 1.165) is 0 Å². The van der Waals surface area contributed by atoms with Crippen molar-refractivity contribution in [1.82, 2.24) is 62.1 Å². The van der Waals surface area contributed by atoms with Gasteiger partial charge in [-0.3, -0.25) is 46.6 Å². The van der Waals surface area contributed by atoms with Crippen molar-refractivity contribution >= 4 is 28.4 Å². The number of hydrogen-bond donors (Lipinski definition) is 0. The molecule has 18 heteroatoms. The van der Waals surface area contributed by atoms with E-state index in [1.165, 1.54) is 77.2 Å².